The lowest BCUT2D eigenvalue weighted by Gasteiger charge is -2.19. The van der Waals surface area contributed by atoms with E-state index in [1.165, 1.54) is 70.6 Å². The van der Waals surface area contributed by atoms with Gasteiger partial charge in [0, 0.05) is 25.6 Å². The molecule has 1 aliphatic rings. The highest BCUT2D eigenvalue weighted by Crippen LogP contribution is 2.16. The SMILES string of the molecule is CCNC(=O)CCNC1CCCCCCCCCCC1. The maximum atomic E-state index is 11.4. The summed E-state index contributed by atoms with van der Waals surface area (Å²) in [7, 11) is 0. The van der Waals surface area contributed by atoms with Crippen molar-refractivity contribution in [2.45, 2.75) is 90.0 Å². The number of amides is 1. The summed E-state index contributed by atoms with van der Waals surface area (Å²) in [6.07, 6.45) is 15.8. The second kappa shape index (κ2) is 12.2. The number of carbonyl (C=O) groups is 1. The van der Waals surface area contributed by atoms with E-state index in [1.807, 2.05) is 6.92 Å². The highest BCUT2D eigenvalue weighted by molar-refractivity contribution is 5.75. The molecule has 1 fully saturated rings. The van der Waals surface area contributed by atoms with E-state index in [1.54, 1.807) is 0 Å². The van der Waals surface area contributed by atoms with Crippen molar-refractivity contribution in [3.63, 3.8) is 0 Å². The molecule has 0 aliphatic heterocycles. The van der Waals surface area contributed by atoms with Gasteiger partial charge in [0.25, 0.3) is 0 Å². The average Bonchev–Trinajstić information content (AvgIpc) is 2.41. The Morgan fingerprint density at radius 3 is 1.90 bits per heavy atom. The zero-order valence-electron chi connectivity index (χ0n) is 13.4. The fourth-order valence-corrected chi connectivity index (χ4v) is 3.04. The quantitative estimate of drug-likeness (QED) is 0.806. The van der Waals surface area contributed by atoms with Crippen LogP contribution in [0.25, 0.3) is 0 Å². The monoisotopic (exact) mass is 282 g/mol. The predicted octanol–water partition coefficient (Wildman–Crippen LogP) is 3.78. The lowest BCUT2D eigenvalue weighted by molar-refractivity contribution is -0.120. The van der Waals surface area contributed by atoms with Crippen molar-refractivity contribution in [2.75, 3.05) is 13.1 Å². The minimum atomic E-state index is 0.174. The summed E-state index contributed by atoms with van der Waals surface area (Å²) in [4.78, 5) is 11.4. The number of carbonyl (C=O) groups excluding carboxylic acids is 1. The van der Waals surface area contributed by atoms with Gasteiger partial charge < -0.3 is 10.6 Å². The minimum absolute atomic E-state index is 0.174. The first kappa shape index (κ1) is 17.5. The first-order valence-corrected chi connectivity index (χ1v) is 8.83. The Morgan fingerprint density at radius 1 is 0.900 bits per heavy atom. The molecular weight excluding hydrogens is 248 g/mol. The Kier molecular flexibility index (Phi) is 10.7. The van der Waals surface area contributed by atoms with Crippen LogP contribution in [0, 0.1) is 0 Å². The van der Waals surface area contributed by atoms with Gasteiger partial charge >= 0.3 is 0 Å². The summed E-state index contributed by atoms with van der Waals surface area (Å²) in [6, 6.07) is 0.629. The van der Waals surface area contributed by atoms with Gasteiger partial charge in [-0.15, -0.1) is 0 Å². The first-order chi connectivity index (χ1) is 9.83. The van der Waals surface area contributed by atoms with Gasteiger partial charge in [0.1, 0.15) is 0 Å². The van der Waals surface area contributed by atoms with Crippen molar-refractivity contribution in [3.05, 3.63) is 0 Å². The fourth-order valence-electron chi connectivity index (χ4n) is 3.04. The summed E-state index contributed by atoms with van der Waals surface area (Å²) in [5.41, 5.74) is 0. The second-order valence-corrected chi connectivity index (χ2v) is 6.11. The van der Waals surface area contributed by atoms with Crippen LogP contribution in [0.4, 0.5) is 0 Å². The van der Waals surface area contributed by atoms with Crippen LogP contribution < -0.4 is 10.6 Å². The summed E-state index contributed by atoms with van der Waals surface area (Å²) < 4.78 is 0. The third kappa shape index (κ3) is 9.35. The maximum Gasteiger partial charge on any atom is 0.221 e. The maximum absolute atomic E-state index is 11.4. The van der Waals surface area contributed by atoms with Crippen molar-refractivity contribution < 1.29 is 4.79 Å². The molecule has 1 aliphatic carbocycles. The van der Waals surface area contributed by atoms with Crippen molar-refractivity contribution in [2.24, 2.45) is 0 Å². The van der Waals surface area contributed by atoms with Gasteiger partial charge in [-0.2, -0.15) is 0 Å². The number of hydrogen-bond acceptors (Lipinski definition) is 2. The Bertz CT molecular complexity index is 231. The van der Waals surface area contributed by atoms with Crippen molar-refractivity contribution >= 4 is 5.91 Å². The Balaban J connectivity index is 2.19. The van der Waals surface area contributed by atoms with Crippen LogP contribution in [0.5, 0.6) is 0 Å². The third-order valence-corrected chi connectivity index (χ3v) is 4.26. The Morgan fingerprint density at radius 2 is 1.40 bits per heavy atom. The van der Waals surface area contributed by atoms with E-state index in [2.05, 4.69) is 10.6 Å². The van der Waals surface area contributed by atoms with Gasteiger partial charge in [0.05, 0.1) is 0 Å². The molecule has 3 nitrogen and oxygen atoms in total. The van der Waals surface area contributed by atoms with Gasteiger partial charge in [0.15, 0.2) is 0 Å². The van der Waals surface area contributed by atoms with Crippen LogP contribution in [-0.2, 0) is 4.79 Å². The van der Waals surface area contributed by atoms with Crippen LogP contribution in [0.3, 0.4) is 0 Å². The molecule has 1 rings (SSSR count). The van der Waals surface area contributed by atoms with E-state index >= 15 is 0 Å². The standard InChI is InChI=1S/C17H34N2O/c1-2-18-17(20)14-15-19-16-12-10-8-6-4-3-5-7-9-11-13-16/h16,19H,2-15H2,1H3,(H,18,20). The number of rotatable bonds is 5. The molecule has 118 valence electrons. The molecule has 1 amide bonds. The molecule has 0 bridgehead atoms. The van der Waals surface area contributed by atoms with E-state index in [4.69, 9.17) is 0 Å². The molecule has 0 unspecified atom stereocenters. The molecule has 0 heterocycles. The van der Waals surface area contributed by atoms with Gasteiger partial charge in [-0.1, -0.05) is 57.8 Å². The molecule has 0 radical (unpaired) electrons. The fraction of sp³-hybridized carbons (Fsp3) is 0.941. The second-order valence-electron chi connectivity index (χ2n) is 6.11. The molecule has 2 N–H and O–H groups in total. The average molecular weight is 282 g/mol. The van der Waals surface area contributed by atoms with Crippen LogP contribution in [0.2, 0.25) is 0 Å². The summed E-state index contributed by atoms with van der Waals surface area (Å²) in [6.45, 7) is 3.54. The lowest BCUT2D eigenvalue weighted by Crippen LogP contribution is -2.33. The van der Waals surface area contributed by atoms with Gasteiger partial charge in [0.2, 0.25) is 5.91 Å². The summed E-state index contributed by atoms with van der Waals surface area (Å²) in [5.74, 6) is 0.174. The van der Waals surface area contributed by atoms with E-state index in [0.717, 1.165) is 13.1 Å². The molecular formula is C17H34N2O. The van der Waals surface area contributed by atoms with Crippen LogP contribution in [0.1, 0.15) is 84.0 Å². The number of nitrogens with one attached hydrogen (secondary N) is 2. The van der Waals surface area contributed by atoms with Crippen molar-refractivity contribution in [1.29, 1.82) is 0 Å². The predicted molar refractivity (Wildman–Crippen MR) is 85.9 cm³/mol. The highest BCUT2D eigenvalue weighted by atomic mass is 16.1. The third-order valence-electron chi connectivity index (χ3n) is 4.26. The highest BCUT2D eigenvalue weighted by Gasteiger charge is 2.09. The summed E-state index contributed by atoms with van der Waals surface area (Å²) in [5, 5.41) is 6.46. The molecule has 0 atom stereocenters. The largest absolute Gasteiger partial charge is 0.356 e. The normalized spacial score (nSPS) is 19.9. The van der Waals surface area contributed by atoms with E-state index in [0.29, 0.717) is 12.5 Å². The Hall–Kier alpha value is -0.570. The molecule has 0 aromatic carbocycles. The first-order valence-electron chi connectivity index (χ1n) is 8.83. The molecule has 0 saturated heterocycles. The molecule has 20 heavy (non-hydrogen) atoms. The molecule has 0 aromatic rings. The smallest absolute Gasteiger partial charge is 0.221 e. The van der Waals surface area contributed by atoms with E-state index in [9.17, 15) is 4.79 Å². The molecule has 1 saturated carbocycles. The zero-order chi connectivity index (χ0) is 14.5. The number of hydrogen-bond donors (Lipinski definition) is 2. The lowest BCUT2D eigenvalue weighted by atomic mass is 9.98. The van der Waals surface area contributed by atoms with Crippen LogP contribution in [0.15, 0.2) is 0 Å². The van der Waals surface area contributed by atoms with Gasteiger partial charge in [-0.25, -0.2) is 0 Å². The van der Waals surface area contributed by atoms with Gasteiger partial charge in [-0.3, -0.25) is 4.79 Å². The van der Waals surface area contributed by atoms with Crippen molar-refractivity contribution in [1.82, 2.24) is 10.6 Å². The minimum Gasteiger partial charge on any atom is -0.356 e. The van der Waals surface area contributed by atoms with Crippen LogP contribution >= 0.6 is 0 Å². The van der Waals surface area contributed by atoms with Gasteiger partial charge in [-0.05, 0) is 19.8 Å². The topological polar surface area (TPSA) is 41.1 Å². The molecule has 3 heteroatoms. The molecule has 0 aromatic heterocycles. The summed E-state index contributed by atoms with van der Waals surface area (Å²) >= 11 is 0. The Labute approximate surface area is 125 Å². The van der Waals surface area contributed by atoms with E-state index < -0.39 is 0 Å². The zero-order valence-corrected chi connectivity index (χ0v) is 13.4. The van der Waals surface area contributed by atoms with Crippen molar-refractivity contribution in [3.8, 4) is 0 Å². The van der Waals surface area contributed by atoms with E-state index in [-0.39, 0.29) is 5.91 Å². The van der Waals surface area contributed by atoms with Crippen LogP contribution in [-0.4, -0.2) is 25.0 Å². The molecule has 0 spiro atoms.